The molecule has 1 aliphatic rings. The van der Waals surface area contributed by atoms with Crippen LogP contribution in [-0.4, -0.2) is 49.8 Å². The molecule has 0 saturated carbocycles. The Kier molecular flexibility index (Phi) is 5.00. The predicted molar refractivity (Wildman–Crippen MR) is 77.4 cm³/mol. The summed E-state index contributed by atoms with van der Waals surface area (Å²) in [5.41, 5.74) is 0.327. The molecule has 2 heterocycles. The Morgan fingerprint density at radius 2 is 2.14 bits per heavy atom. The van der Waals surface area contributed by atoms with E-state index in [1.807, 2.05) is 6.92 Å². The number of piperidine rings is 1. The van der Waals surface area contributed by atoms with Gasteiger partial charge < -0.3 is 9.42 Å². The topological polar surface area (TPSA) is 92.5 Å². The fourth-order valence-electron chi connectivity index (χ4n) is 2.44. The summed E-state index contributed by atoms with van der Waals surface area (Å²) in [6.45, 7) is 3.06. The lowest BCUT2D eigenvalue weighted by molar-refractivity contribution is 0.0701. The van der Waals surface area contributed by atoms with E-state index in [2.05, 4.69) is 9.88 Å². The van der Waals surface area contributed by atoms with E-state index in [0.29, 0.717) is 31.6 Å². The summed E-state index contributed by atoms with van der Waals surface area (Å²) in [6, 6.07) is 1.59. The van der Waals surface area contributed by atoms with Crippen molar-refractivity contribution in [2.75, 3.05) is 19.3 Å². The van der Waals surface area contributed by atoms with Crippen molar-refractivity contribution in [2.45, 2.75) is 38.6 Å². The third kappa shape index (κ3) is 4.53. The summed E-state index contributed by atoms with van der Waals surface area (Å²) in [4.78, 5) is 14.0. The highest BCUT2D eigenvalue weighted by Gasteiger charge is 2.26. The quantitative estimate of drug-likeness (QED) is 0.867. The first-order valence-corrected chi connectivity index (χ1v) is 9.00. The number of rotatable bonds is 5. The van der Waals surface area contributed by atoms with Crippen molar-refractivity contribution in [2.24, 2.45) is 0 Å². The molecule has 0 aliphatic carbocycles. The summed E-state index contributed by atoms with van der Waals surface area (Å²) < 4.78 is 30.1. The van der Waals surface area contributed by atoms with Gasteiger partial charge in [-0.15, -0.1) is 0 Å². The zero-order valence-electron chi connectivity index (χ0n) is 12.3. The molecule has 7 nitrogen and oxygen atoms in total. The Morgan fingerprint density at radius 1 is 1.48 bits per heavy atom. The maximum atomic E-state index is 12.3. The van der Waals surface area contributed by atoms with Crippen molar-refractivity contribution in [1.29, 1.82) is 0 Å². The van der Waals surface area contributed by atoms with Crippen LogP contribution in [0.2, 0.25) is 0 Å². The van der Waals surface area contributed by atoms with Gasteiger partial charge >= 0.3 is 0 Å². The van der Waals surface area contributed by atoms with E-state index in [-0.39, 0.29) is 11.9 Å². The largest absolute Gasteiger partial charge is 0.361 e. The molecule has 2 rings (SSSR count). The number of aryl methyl sites for hydroxylation is 1. The van der Waals surface area contributed by atoms with Crippen LogP contribution in [0.15, 0.2) is 10.6 Å². The number of amides is 1. The van der Waals surface area contributed by atoms with Crippen molar-refractivity contribution in [1.82, 2.24) is 14.8 Å². The smallest absolute Gasteiger partial charge is 0.276 e. The number of carbonyl (C=O) groups is 1. The minimum absolute atomic E-state index is 0.1000. The number of hydrogen-bond donors (Lipinski definition) is 1. The van der Waals surface area contributed by atoms with Crippen LogP contribution in [0.5, 0.6) is 0 Å². The average molecular weight is 315 g/mol. The van der Waals surface area contributed by atoms with Crippen LogP contribution in [0.4, 0.5) is 0 Å². The first-order valence-electron chi connectivity index (χ1n) is 7.11. The minimum atomic E-state index is -3.20. The highest BCUT2D eigenvalue weighted by Crippen LogP contribution is 2.15. The second-order valence-electron chi connectivity index (χ2n) is 5.38. The number of hydrogen-bond acceptors (Lipinski definition) is 5. The van der Waals surface area contributed by atoms with E-state index < -0.39 is 10.0 Å². The van der Waals surface area contributed by atoms with Gasteiger partial charge in [0.2, 0.25) is 10.0 Å². The number of sulfonamides is 1. The highest BCUT2D eigenvalue weighted by atomic mass is 32.2. The molecule has 0 spiro atoms. The molecule has 1 aromatic heterocycles. The predicted octanol–water partition coefficient (Wildman–Crippen LogP) is 0.781. The zero-order valence-corrected chi connectivity index (χ0v) is 13.1. The van der Waals surface area contributed by atoms with E-state index in [1.54, 1.807) is 11.0 Å². The fourth-order valence-corrected chi connectivity index (χ4v) is 3.28. The second kappa shape index (κ2) is 6.57. The molecular formula is C13H21N3O4S. The average Bonchev–Trinajstić information content (AvgIpc) is 2.86. The molecule has 1 N–H and O–H groups in total. The number of nitrogens with one attached hydrogen (secondary N) is 1. The summed E-state index contributed by atoms with van der Waals surface area (Å²) in [5, 5.41) is 3.81. The van der Waals surface area contributed by atoms with Crippen LogP contribution in [0.25, 0.3) is 0 Å². The molecule has 0 unspecified atom stereocenters. The van der Waals surface area contributed by atoms with Crippen LogP contribution in [-0.2, 0) is 16.4 Å². The SMILES string of the molecule is CCCc1cc(C(=O)N2CCC(NS(C)(=O)=O)CC2)no1. The van der Waals surface area contributed by atoms with E-state index >= 15 is 0 Å². The van der Waals surface area contributed by atoms with Gasteiger partial charge in [0, 0.05) is 31.6 Å². The molecule has 1 saturated heterocycles. The van der Waals surface area contributed by atoms with Gasteiger partial charge in [0.25, 0.3) is 5.91 Å². The molecule has 1 amide bonds. The maximum absolute atomic E-state index is 12.3. The summed E-state index contributed by atoms with van der Waals surface area (Å²) in [5.74, 6) is 0.563. The number of likely N-dealkylation sites (tertiary alicyclic amines) is 1. The van der Waals surface area contributed by atoms with Gasteiger partial charge in [-0.2, -0.15) is 0 Å². The lowest BCUT2D eigenvalue weighted by Crippen LogP contribution is -2.46. The third-order valence-corrected chi connectivity index (χ3v) is 4.20. The van der Waals surface area contributed by atoms with Crippen LogP contribution >= 0.6 is 0 Å². The molecule has 1 aromatic rings. The molecule has 0 radical (unpaired) electrons. The minimum Gasteiger partial charge on any atom is -0.361 e. The maximum Gasteiger partial charge on any atom is 0.276 e. The molecule has 1 fully saturated rings. The number of carbonyl (C=O) groups excluding carboxylic acids is 1. The highest BCUT2D eigenvalue weighted by molar-refractivity contribution is 7.88. The lowest BCUT2D eigenvalue weighted by atomic mass is 10.1. The molecule has 118 valence electrons. The Hall–Kier alpha value is -1.41. The van der Waals surface area contributed by atoms with E-state index in [4.69, 9.17) is 4.52 Å². The van der Waals surface area contributed by atoms with Gasteiger partial charge in [0.15, 0.2) is 5.69 Å². The lowest BCUT2D eigenvalue weighted by Gasteiger charge is -2.31. The molecule has 0 aromatic carbocycles. The molecule has 0 bridgehead atoms. The number of aromatic nitrogens is 1. The fraction of sp³-hybridized carbons (Fsp3) is 0.692. The summed E-state index contributed by atoms with van der Waals surface area (Å²) >= 11 is 0. The zero-order chi connectivity index (χ0) is 15.5. The van der Waals surface area contributed by atoms with Gasteiger partial charge in [-0.05, 0) is 19.3 Å². The molecule has 8 heteroatoms. The Labute approximate surface area is 124 Å². The van der Waals surface area contributed by atoms with Gasteiger partial charge in [0.05, 0.1) is 6.26 Å². The van der Waals surface area contributed by atoms with Crippen molar-refractivity contribution in [3.8, 4) is 0 Å². The van der Waals surface area contributed by atoms with Crippen molar-refractivity contribution in [3.63, 3.8) is 0 Å². The van der Waals surface area contributed by atoms with Gasteiger partial charge in [-0.3, -0.25) is 4.79 Å². The van der Waals surface area contributed by atoms with Gasteiger partial charge in [0.1, 0.15) is 5.76 Å². The first-order chi connectivity index (χ1) is 9.89. The van der Waals surface area contributed by atoms with E-state index in [1.165, 1.54) is 0 Å². The third-order valence-electron chi connectivity index (χ3n) is 3.44. The molecule has 1 aliphatic heterocycles. The molecular weight excluding hydrogens is 294 g/mol. The van der Waals surface area contributed by atoms with Crippen molar-refractivity contribution in [3.05, 3.63) is 17.5 Å². The summed E-state index contributed by atoms with van der Waals surface area (Å²) in [6.07, 6.45) is 4.07. The summed E-state index contributed by atoms with van der Waals surface area (Å²) in [7, 11) is -3.20. The Balaban J connectivity index is 1.90. The Bertz CT molecular complexity index is 588. The monoisotopic (exact) mass is 315 g/mol. The molecule has 21 heavy (non-hydrogen) atoms. The van der Waals surface area contributed by atoms with Crippen LogP contribution in [0.1, 0.15) is 42.4 Å². The number of nitrogens with zero attached hydrogens (tertiary/aromatic N) is 2. The van der Waals surface area contributed by atoms with Gasteiger partial charge in [-0.1, -0.05) is 12.1 Å². The normalized spacial score (nSPS) is 17.1. The van der Waals surface area contributed by atoms with Crippen molar-refractivity contribution >= 4 is 15.9 Å². The van der Waals surface area contributed by atoms with E-state index in [0.717, 1.165) is 24.9 Å². The van der Waals surface area contributed by atoms with E-state index in [9.17, 15) is 13.2 Å². The standard InChI is InChI=1S/C13H21N3O4S/c1-3-4-11-9-12(14-20-11)13(17)16-7-5-10(6-8-16)15-21(2,18)19/h9-10,15H,3-8H2,1-2H3. The van der Waals surface area contributed by atoms with Crippen LogP contribution in [0, 0.1) is 0 Å². The van der Waals surface area contributed by atoms with Crippen LogP contribution in [0.3, 0.4) is 0 Å². The Morgan fingerprint density at radius 3 is 2.71 bits per heavy atom. The van der Waals surface area contributed by atoms with Crippen LogP contribution < -0.4 is 4.72 Å². The first kappa shape index (κ1) is 16.0. The van der Waals surface area contributed by atoms with Crippen molar-refractivity contribution < 1.29 is 17.7 Å². The second-order valence-corrected chi connectivity index (χ2v) is 7.16. The molecule has 0 atom stereocenters. The van der Waals surface area contributed by atoms with Gasteiger partial charge in [-0.25, -0.2) is 13.1 Å².